The van der Waals surface area contributed by atoms with Gasteiger partial charge in [-0.15, -0.1) is 0 Å². The Morgan fingerprint density at radius 2 is 0.769 bits per heavy atom. The second-order valence-electron chi connectivity index (χ2n) is 9.67. The molecule has 0 unspecified atom stereocenters. The lowest BCUT2D eigenvalue weighted by Gasteiger charge is -2.41. The van der Waals surface area contributed by atoms with Crippen LogP contribution in [0.4, 0.5) is 0 Å². The Hall–Kier alpha value is 0.194. The fourth-order valence-corrected chi connectivity index (χ4v) is 3.90. The van der Waals surface area contributed by atoms with Gasteiger partial charge in [-0.2, -0.15) is 9.78 Å². The van der Waals surface area contributed by atoms with E-state index in [1.165, 1.54) is 12.8 Å². The van der Waals surface area contributed by atoms with E-state index in [0.717, 1.165) is 51.4 Å². The predicted molar refractivity (Wildman–Crippen MR) is 105 cm³/mol. The molecule has 0 spiro atoms. The average molecular weight is 407 g/mol. The van der Waals surface area contributed by atoms with Crippen LogP contribution in [0.2, 0.25) is 39.3 Å². The molecular weight excluding hydrogens is 368 g/mol. The molecule has 0 saturated heterocycles. The molecule has 0 aromatic rings. The molecule has 0 N–H and O–H groups in total. The minimum absolute atomic E-state index is 0.766. The first-order valence-corrected chi connectivity index (χ1v) is 17.0. The molecule has 0 aromatic carbocycles. The first-order chi connectivity index (χ1) is 12.0. The van der Waals surface area contributed by atoms with Gasteiger partial charge in [0, 0.05) is 25.7 Å². The smallest absolute Gasteiger partial charge is 0.232 e. The maximum Gasteiger partial charge on any atom is 0.232 e. The van der Waals surface area contributed by atoms with E-state index < -0.39 is 28.2 Å². The van der Waals surface area contributed by atoms with Gasteiger partial charge in [-0.05, 0) is 65.0 Å². The molecule has 8 heteroatoms. The summed E-state index contributed by atoms with van der Waals surface area (Å²) in [5.41, 5.74) is 0. The molecule has 0 bridgehead atoms. The minimum atomic E-state index is -1.82. The van der Waals surface area contributed by atoms with Crippen molar-refractivity contribution in [2.45, 2.75) is 115 Å². The monoisotopic (exact) mass is 406 g/mol. The summed E-state index contributed by atoms with van der Waals surface area (Å²) < 4.78 is 11.5. The van der Waals surface area contributed by atoms with Crippen molar-refractivity contribution in [1.29, 1.82) is 0 Å². The van der Waals surface area contributed by atoms with Crippen LogP contribution < -0.4 is 0 Å². The Balaban J connectivity index is 2.02. The van der Waals surface area contributed by atoms with E-state index in [1.807, 2.05) is 0 Å². The number of rotatable bonds is 9. The first kappa shape index (κ1) is 22.5. The molecule has 26 heavy (non-hydrogen) atoms. The van der Waals surface area contributed by atoms with E-state index in [2.05, 4.69) is 39.3 Å². The van der Waals surface area contributed by atoms with Crippen LogP contribution in [0.5, 0.6) is 0 Å². The molecule has 0 radical (unpaired) electrons. The zero-order chi connectivity index (χ0) is 19.3. The maximum absolute atomic E-state index is 5.96. The van der Waals surface area contributed by atoms with Crippen LogP contribution in [0.25, 0.3) is 0 Å². The molecule has 2 aliphatic rings. The Morgan fingerprint density at radius 1 is 0.462 bits per heavy atom. The molecule has 154 valence electrons. The topological polar surface area (TPSA) is 55.4 Å². The lowest BCUT2D eigenvalue weighted by molar-refractivity contribution is -0.570. The van der Waals surface area contributed by atoms with Crippen molar-refractivity contribution in [1.82, 2.24) is 0 Å². The second-order valence-corrected chi connectivity index (χ2v) is 18.5. The second kappa shape index (κ2) is 9.13. The molecule has 0 amide bonds. The lowest BCUT2D eigenvalue weighted by Crippen LogP contribution is -2.47. The summed E-state index contributed by atoms with van der Waals surface area (Å²) in [6.07, 6.45) is 9.59. The van der Waals surface area contributed by atoms with Crippen LogP contribution in [0.3, 0.4) is 0 Å². The third-order valence-corrected chi connectivity index (χ3v) is 5.63. The van der Waals surface area contributed by atoms with Crippen LogP contribution in [-0.4, -0.2) is 28.2 Å². The van der Waals surface area contributed by atoms with Crippen LogP contribution in [0.1, 0.15) is 64.2 Å². The van der Waals surface area contributed by atoms with Crippen LogP contribution >= 0.6 is 0 Å². The van der Waals surface area contributed by atoms with Crippen molar-refractivity contribution < 1.29 is 28.7 Å². The molecule has 2 fully saturated rings. The van der Waals surface area contributed by atoms with Gasteiger partial charge in [-0.1, -0.05) is 12.8 Å². The predicted octanol–water partition coefficient (Wildman–Crippen LogP) is 5.82. The summed E-state index contributed by atoms with van der Waals surface area (Å²) in [7, 11) is -3.65. The van der Waals surface area contributed by atoms with Crippen molar-refractivity contribution in [3.05, 3.63) is 0 Å². The fraction of sp³-hybridized carbons (Fsp3) is 1.00. The van der Waals surface area contributed by atoms with E-state index in [9.17, 15) is 0 Å². The van der Waals surface area contributed by atoms with Gasteiger partial charge in [-0.25, -0.2) is 9.78 Å². The molecule has 0 aromatic heterocycles. The van der Waals surface area contributed by atoms with E-state index in [0.29, 0.717) is 0 Å². The van der Waals surface area contributed by atoms with Gasteiger partial charge in [0.1, 0.15) is 0 Å². The standard InChI is InChI=1S/C18H38O6Si2/c1-25(2,3)23-21-17(13-9-7-10-14-17)19-20-18(15-11-8-12-16-18)22-24-26(4,5)6/h7-16H2,1-6H3. The highest BCUT2D eigenvalue weighted by Gasteiger charge is 2.45. The van der Waals surface area contributed by atoms with Crippen LogP contribution in [0, 0.1) is 0 Å². The van der Waals surface area contributed by atoms with Gasteiger partial charge in [-0.3, -0.25) is 9.15 Å². The van der Waals surface area contributed by atoms with E-state index in [4.69, 9.17) is 28.7 Å². The van der Waals surface area contributed by atoms with Crippen molar-refractivity contribution in [2.24, 2.45) is 0 Å². The highest BCUT2D eigenvalue weighted by Crippen LogP contribution is 2.39. The highest BCUT2D eigenvalue weighted by molar-refractivity contribution is 6.69. The molecular formula is C18H38O6Si2. The highest BCUT2D eigenvalue weighted by atomic mass is 28.4. The largest absolute Gasteiger partial charge is 0.284 e. The quantitative estimate of drug-likeness (QED) is 0.208. The lowest BCUT2D eigenvalue weighted by atomic mass is 9.94. The van der Waals surface area contributed by atoms with Crippen LogP contribution in [0.15, 0.2) is 0 Å². The molecule has 2 saturated carbocycles. The van der Waals surface area contributed by atoms with Crippen LogP contribution in [-0.2, 0) is 28.7 Å². The summed E-state index contributed by atoms with van der Waals surface area (Å²) in [5, 5.41) is 0. The first-order valence-electron chi connectivity index (χ1n) is 10.1. The van der Waals surface area contributed by atoms with E-state index in [-0.39, 0.29) is 0 Å². The van der Waals surface area contributed by atoms with Gasteiger partial charge in [0.15, 0.2) is 0 Å². The van der Waals surface area contributed by atoms with Crippen molar-refractivity contribution in [3.8, 4) is 0 Å². The van der Waals surface area contributed by atoms with Gasteiger partial charge in [0.05, 0.1) is 0 Å². The summed E-state index contributed by atoms with van der Waals surface area (Å²) in [6, 6.07) is 0. The maximum atomic E-state index is 5.96. The zero-order valence-corrected chi connectivity index (χ0v) is 19.5. The van der Waals surface area contributed by atoms with E-state index in [1.54, 1.807) is 0 Å². The summed E-state index contributed by atoms with van der Waals surface area (Å²) in [6.45, 7) is 12.6. The summed E-state index contributed by atoms with van der Waals surface area (Å²) in [4.78, 5) is 23.6. The SMILES string of the molecule is C[Si](C)(C)OOC1(OOC2(OO[Si](C)(C)C)CCCCC2)CCCCC1. The summed E-state index contributed by atoms with van der Waals surface area (Å²) >= 11 is 0. The Bertz CT molecular complexity index is 380. The molecule has 0 heterocycles. The van der Waals surface area contributed by atoms with Crippen molar-refractivity contribution >= 4 is 16.6 Å². The Morgan fingerprint density at radius 3 is 1.04 bits per heavy atom. The Kier molecular flexibility index (Phi) is 7.89. The van der Waals surface area contributed by atoms with Crippen molar-refractivity contribution in [3.63, 3.8) is 0 Å². The molecule has 2 rings (SSSR count). The molecule has 0 aliphatic heterocycles. The third-order valence-electron chi connectivity index (χ3n) is 4.46. The minimum Gasteiger partial charge on any atom is -0.284 e. The van der Waals surface area contributed by atoms with Crippen molar-refractivity contribution in [2.75, 3.05) is 0 Å². The number of hydrogen-bond donors (Lipinski definition) is 0. The van der Waals surface area contributed by atoms with Gasteiger partial charge in [0.25, 0.3) is 0 Å². The number of hydrogen-bond acceptors (Lipinski definition) is 6. The molecule has 6 nitrogen and oxygen atoms in total. The van der Waals surface area contributed by atoms with Gasteiger partial charge >= 0.3 is 0 Å². The third kappa shape index (κ3) is 7.67. The zero-order valence-electron chi connectivity index (χ0n) is 17.5. The van der Waals surface area contributed by atoms with E-state index >= 15 is 0 Å². The van der Waals surface area contributed by atoms with Gasteiger partial charge < -0.3 is 0 Å². The average Bonchev–Trinajstić information content (AvgIpc) is 2.58. The van der Waals surface area contributed by atoms with Gasteiger partial charge in [0.2, 0.25) is 28.2 Å². The molecule has 0 atom stereocenters. The summed E-state index contributed by atoms with van der Waals surface area (Å²) in [5.74, 6) is -1.68. The molecule has 2 aliphatic carbocycles. The fourth-order valence-electron chi connectivity index (χ4n) is 3.10. The Labute approximate surface area is 160 Å². The normalized spacial score (nSPS) is 23.8.